The van der Waals surface area contributed by atoms with Gasteiger partial charge in [0, 0.05) is 134 Å². The third kappa shape index (κ3) is 26.5. The Morgan fingerprint density at radius 1 is 0.545 bits per heavy atom. The first kappa shape index (κ1) is 111. The number of benzene rings is 6. The number of ether oxygens (including phenoxy) is 3. The Bertz CT molecular complexity index is 4620. The highest BCUT2D eigenvalue weighted by Gasteiger charge is 2.60. The van der Waals surface area contributed by atoms with Gasteiger partial charge in [0.25, 0.3) is 11.8 Å². The number of anilines is 2. The summed E-state index contributed by atoms with van der Waals surface area (Å²) in [6.07, 6.45) is 4.73. The smallest absolute Gasteiger partial charge is 0.251 e. The van der Waals surface area contributed by atoms with Crippen LogP contribution >= 0.6 is 0 Å². The molecule has 736 valence electrons. The normalized spacial score (nSPS) is 24.8. The summed E-state index contributed by atoms with van der Waals surface area (Å²) in [5.41, 5.74) is 9.89. The van der Waals surface area contributed by atoms with Crippen molar-refractivity contribution in [2.75, 3.05) is 132 Å². The number of hydrogen-bond acceptors (Lipinski definition) is 21. The van der Waals surface area contributed by atoms with Crippen LogP contribution in [0.1, 0.15) is 187 Å². The minimum absolute atomic E-state index is 0. The lowest BCUT2D eigenvalue weighted by molar-refractivity contribution is -0.183. The fraction of sp³-hybridized carbons (Fsp3) is 0.623. The van der Waals surface area contributed by atoms with Crippen molar-refractivity contribution >= 4 is 43.3 Å². The van der Waals surface area contributed by atoms with Crippen LogP contribution in [0.4, 0.5) is 11.4 Å². The molecule has 3 saturated heterocycles. The van der Waals surface area contributed by atoms with E-state index in [0.717, 1.165) is 81.9 Å². The summed E-state index contributed by atoms with van der Waals surface area (Å²) in [6.45, 7) is 32.7. The Labute approximate surface area is 793 Å². The van der Waals surface area contributed by atoms with E-state index < -0.39 is 56.7 Å². The molecule has 25 nitrogen and oxygen atoms in total. The maximum atomic E-state index is 14.5. The van der Waals surface area contributed by atoms with Crippen molar-refractivity contribution in [3.8, 4) is 33.8 Å². The Balaban J connectivity index is 0.000000334. The predicted molar refractivity (Wildman–Crippen MR) is 536 cm³/mol. The summed E-state index contributed by atoms with van der Waals surface area (Å²) in [6, 6.07) is 41.6. The molecule has 6 saturated carbocycles. The lowest BCUT2D eigenvalue weighted by Gasteiger charge is -2.62. The van der Waals surface area contributed by atoms with Crippen LogP contribution in [0.3, 0.4) is 0 Å². The quantitative estimate of drug-likeness (QED) is 0.0165. The number of carbonyl (C=O) groups is 4. The van der Waals surface area contributed by atoms with Crippen molar-refractivity contribution in [3.05, 3.63) is 167 Å². The van der Waals surface area contributed by atoms with Gasteiger partial charge >= 0.3 is 0 Å². The second-order valence-corrected chi connectivity index (χ2v) is 45.6. The van der Waals surface area contributed by atoms with Crippen molar-refractivity contribution < 1.29 is 73.0 Å². The number of nitrogens with zero attached hydrogens (tertiary/aromatic N) is 6. The second-order valence-electron chi connectivity index (χ2n) is 40.7. The molecule has 9 aliphatic rings. The average molecular weight is 1850 g/mol. The van der Waals surface area contributed by atoms with Crippen LogP contribution in [0.5, 0.6) is 11.5 Å². The number of amides is 4. The number of nitrogens with one attached hydrogen (secondary N) is 4. The predicted octanol–water partition coefficient (Wildman–Crippen LogP) is 15.1. The third-order valence-corrected chi connectivity index (χ3v) is 34.2. The summed E-state index contributed by atoms with van der Waals surface area (Å²) >= 11 is 0. The van der Waals surface area contributed by atoms with Crippen LogP contribution in [0, 0.1) is 58.2 Å². The first-order valence-electron chi connectivity index (χ1n) is 46.6. The third-order valence-electron chi connectivity index (χ3n) is 29.7. The number of hydrogen-bond donors (Lipinski definition) is 9. The van der Waals surface area contributed by atoms with Gasteiger partial charge in [-0.05, 0) is 217 Å². The number of aliphatic hydroxyl groups excluding tert-OH is 5. The van der Waals surface area contributed by atoms with Crippen LogP contribution < -0.4 is 40.5 Å². The Kier molecular flexibility index (Phi) is 41.0. The van der Waals surface area contributed by atoms with E-state index in [1.807, 2.05) is 150 Å². The number of methoxy groups -OCH3 is 2. The first-order chi connectivity index (χ1) is 60.7. The van der Waals surface area contributed by atoms with Crippen molar-refractivity contribution in [3.63, 3.8) is 0 Å². The number of hydroxylamine groups is 4. The molecular weight excluding hydrogens is 1680 g/mol. The maximum absolute atomic E-state index is 14.5. The van der Waals surface area contributed by atoms with Crippen LogP contribution in [-0.4, -0.2) is 260 Å². The molecule has 0 radical (unpaired) electrons. The number of para-hydroxylation sites is 2. The molecular formula is C106H168N10O15Si. The summed E-state index contributed by atoms with van der Waals surface area (Å²) < 4.78 is 23.9. The lowest BCUT2D eigenvalue weighted by Crippen LogP contribution is -2.62. The summed E-state index contributed by atoms with van der Waals surface area (Å²) in [7, 11) is 13.1. The monoisotopic (exact) mass is 1850 g/mol. The minimum atomic E-state index is -1.99. The molecule has 6 aliphatic carbocycles. The molecule has 0 unspecified atom stereocenters. The van der Waals surface area contributed by atoms with Crippen molar-refractivity contribution in [1.29, 1.82) is 0 Å². The summed E-state index contributed by atoms with van der Waals surface area (Å²) in [4.78, 5) is 78.2. The second kappa shape index (κ2) is 48.7. The molecule has 132 heavy (non-hydrogen) atoms. The van der Waals surface area contributed by atoms with E-state index in [1.165, 1.54) is 25.7 Å². The Morgan fingerprint density at radius 2 is 0.932 bits per heavy atom. The highest BCUT2D eigenvalue weighted by atomic mass is 28.4. The lowest BCUT2D eigenvalue weighted by atomic mass is 9.45. The topological polar surface area (TPSA) is 292 Å². The van der Waals surface area contributed by atoms with Crippen LogP contribution in [0.2, 0.25) is 18.1 Å². The molecule has 6 aromatic carbocycles. The van der Waals surface area contributed by atoms with Gasteiger partial charge in [-0.3, -0.25) is 28.9 Å². The molecule has 3 heterocycles. The van der Waals surface area contributed by atoms with Gasteiger partial charge in [-0.15, -0.1) is 0 Å². The van der Waals surface area contributed by atoms with Gasteiger partial charge < -0.3 is 85.0 Å². The molecule has 0 spiro atoms. The van der Waals surface area contributed by atoms with Crippen LogP contribution in [0.25, 0.3) is 22.3 Å². The van der Waals surface area contributed by atoms with E-state index in [2.05, 4.69) is 142 Å². The van der Waals surface area contributed by atoms with Crippen molar-refractivity contribution in [1.82, 2.24) is 41.2 Å². The standard InChI is InChI=1S/C52H79N5O7Si.C46H65N5O7.C4H8O.4CH4/c1-33-43-28-39(52(43,6)7)29-44(33)54-50(61)47-46(34(2)59)45(32-58)64-57(47)30-36-20-17-21-42(48(36)62-11)37-25-38(27-41(26-37)56(10)22-23-63-65(12,13)51(3,4)5)49(60)53-40(31-55(8)9)24-35-18-15-14-16-19-35;1-28-38-23-34(46(38,3)4)24-39(28)48-45(56)42-41(29(2)54)40(27-53)58-51(42)25-31-15-12-16-37(43(31)57-8)32-20-33(22-36(21-32)50(7)17-18-52)44(55)47-35(26-49(5)6)19-30-13-10-9-11-14-30;1-2-4-5-3-1;;;;/h14-21,25-27,33-34,39-40,43-47,58-59H,22-24,28-32H2,1-13H3,(H,53,60)(H,54,61);9-16,20-22,28-29,34-35,38-42,52-54H,17-19,23-27H2,1-8H3,(H,47,55)(H,48,56);1-4H2;4*1H4/t33-,34-,39+,40-,43-,44-,45-,46+,47-;28-,29-,34+,35-,38-,39-,40-,41+,42-;;;;;/m00...../s1. The maximum Gasteiger partial charge on any atom is 0.251 e. The van der Waals surface area contributed by atoms with E-state index in [1.54, 1.807) is 38.2 Å². The number of likely N-dealkylation sites (N-methyl/N-ethyl adjacent to an activating group) is 4. The zero-order valence-electron chi connectivity index (χ0n) is 80.2. The number of carbonyl (C=O) groups excluding carboxylic acids is 4. The fourth-order valence-corrected chi connectivity index (χ4v) is 22.0. The Morgan fingerprint density at radius 3 is 1.25 bits per heavy atom. The molecule has 4 bridgehead atoms. The van der Waals surface area contributed by atoms with E-state index >= 15 is 0 Å². The van der Waals surface area contributed by atoms with Gasteiger partial charge in [-0.2, -0.15) is 10.1 Å². The molecule has 15 rings (SSSR count). The molecule has 3 aliphatic heterocycles. The van der Waals surface area contributed by atoms with E-state index in [4.69, 9.17) is 28.3 Å². The molecule has 9 fully saturated rings. The highest BCUT2D eigenvalue weighted by Crippen LogP contribution is 2.63. The van der Waals surface area contributed by atoms with E-state index in [-0.39, 0.29) is 126 Å². The Hall–Kier alpha value is -7.90. The fourth-order valence-electron chi connectivity index (χ4n) is 21.0. The van der Waals surface area contributed by atoms with E-state index in [0.29, 0.717) is 104 Å². The molecule has 0 aromatic heterocycles. The number of aliphatic hydroxyl groups is 5. The summed E-state index contributed by atoms with van der Waals surface area (Å²) in [5, 5.41) is 69.5. The van der Waals surface area contributed by atoms with Gasteiger partial charge in [-0.25, -0.2) is 0 Å². The van der Waals surface area contributed by atoms with Crippen LogP contribution in [0.15, 0.2) is 133 Å². The largest absolute Gasteiger partial charge is 0.496 e. The van der Waals surface area contributed by atoms with Gasteiger partial charge in [0.15, 0.2) is 8.32 Å². The minimum Gasteiger partial charge on any atom is -0.496 e. The number of rotatable bonds is 36. The van der Waals surface area contributed by atoms with Crippen molar-refractivity contribution in [2.45, 2.75) is 249 Å². The zero-order chi connectivity index (χ0) is 93.0. The highest BCUT2D eigenvalue weighted by molar-refractivity contribution is 6.74. The van der Waals surface area contributed by atoms with Gasteiger partial charge in [0.1, 0.15) is 35.8 Å². The van der Waals surface area contributed by atoms with Crippen molar-refractivity contribution in [2.24, 2.45) is 58.2 Å². The molecule has 9 N–H and O–H groups in total. The average Bonchev–Trinajstić information content (AvgIpc) is 0.774. The van der Waals surface area contributed by atoms with Crippen LogP contribution in [-0.2, 0) is 54.4 Å². The molecule has 4 amide bonds. The number of fused-ring (bicyclic) bond motifs is 4. The first-order valence-corrected chi connectivity index (χ1v) is 49.5. The molecule has 18 atom stereocenters. The van der Waals surface area contributed by atoms with Gasteiger partial charge in [0.05, 0.1) is 65.9 Å². The SMILES string of the molecule is C.C.C.C.C1CCOC1.COc1c(CN2O[C@@H](CO)[C@@H]([C@H](C)O)[C@H]2C(=O)N[C@H]2C[C@H]3C[C@@H]([C@@H]2C)C3(C)C)cccc1-c1cc(C(=O)N[C@@H](Cc2ccccc2)CN(C)C)cc(N(C)CCO)c1.COc1c(CN2O[C@@H](CO)[C@@H]([C@H](C)O)[C@H]2C(=O)N[C@H]2C[C@H]3C[C@@H]([C@@H]2C)C3(C)C)cccc1-c1cc(C(=O)N[C@@H](Cc2ccccc2)CN(C)C)cc(N(C)CCO[Si](C)(C)C(C)(C)C)c1. The van der Waals surface area contributed by atoms with Gasteiger partial charge in [0.2, 0.25) is 11.8 Å². The molecule has 26 heteroatoms. The van der Waals surface area contributed by atoms with Gasteiger partial charge in [-0.1, -0.05) is 189 Å². The summed E-state index contributed by atoms with van der Waals surface area (Å²) in [5.74, 6) is 1.80. The molecule has 6 aromatic rings. The zero-order valence-corrected chi connectivity index (χ0v) is 81.2. The van der Waals surface area contributed by atoms with E-state index in [9.17, 15) is 44.7 Å².